The molecule has 0 saturated heterocycles. The molecule has 0 atom stereocenters. The molecular formula is C19H17N5O2S. The summed E-state index contributed by atoms with van der Waals surface area (Å²) >= 11 is 1.53. The fraction of sp³-hybridized carbons (Fsp3) is 0.105. The minimum atomic E-state index is -0.559. The largest absolute Gasteiger partial charge is 0.332 e. The van der Waals surface area contributed by atoms with Crippen LogP contribution in [0.4, 0.5) is 10.8 Å². The van der Waals surface area contributed by atoms with E-state index in [2.05, 4.69) is 19.7 Å². The number of hydrogen-bond donors (Lipinski definition) is 3. The lowest BCUT2D eigenvalue weighted by atomic mass is 10.2. The Morgan fingerprint density at radius 3 is 2.78 bits per heavy atom. The van der Waals surface area contributed by atoms with Gasteiger partial charge in [0.25, 0.3) is 5.91 Å². The van der Waals surface area contributed by atoms with Crippen molar-refractivity contribution in [3.05, 3.63) is 65.6 Å². The molecule has 0 bridgehead atoms. The van der Waals surface area contributed by atoms with E-state index < -0.39 is 5.91 Å². The van der Waals surface area contributed by atoms with Crippen LogP contribution in [0.2, 0.25) is 0 Å². The second-order valence-electron chi connectivity index (χ2n) is 6.05. The lowest BCUT2D eigenvalue weighted by Gasteiger charge is -2.04. The maximum atomic E-state index is 11.6. The second-order valence-corrected chi connectivity index (χ2v) is 7.05. The molecular weight excluding hydrogens is 362 g/mol. The second kappa shape index (κ2) is 6.82. The summed E-state index contributed by atoms with van der Waals surface area (Å²) in [6.45, 7) is 3.96. The number of fused-ring (bicyclic) bond motifs is 1. The van der Waals surface area contributed by atoms with Crippen LogP contribution in [0, 0.1) is 13.8 Å². The Bertz CT molecular complexity index is 1150. The first-order chi connectivity index (χ1) is 13.1. The first-order valence-corrected chi connectivity index (χ1v) is 9.11. The lowest BCUT2D eigenvalue weighted by molar-refractivity contribution is 0.0706. The van der Waals surface area contributed by atoms with E-state index in [-0.39, 0.29) is 0 Å². The molecule has 0 aliphatic heterocycles. The summed E-state index contributed by atoms with van der Waals surface area (Å²) in [6.07, 6.45) is 1.99. The molecule has 3 aromatic heterocycles. The molecule has 0 radical (unpaired) electrons. The number of aryl methyl sites for hydroxylation is 2. The van der Waals surface area contributed by atoms with Gasteiger partial charge in [0, 0.05) is 17.4 Å². The number of nitrogens with one attached hydrogen (secondary N) is 2. The van der Waals surface area contributed by atoms with Crippen LogP contribution in [0.25, 0.3) is 16.2 Å². The van der Waals surface area contributed by atoms with Crippen LogP contribution in [-0.4, -0.2) is 25.5 Å². The quantitative estimate of drug-likeness (QED) is 0.369. The van der Waals surface area contributed by atoms with Crippen molar-refractivity contribution in [2.45, 2.75) is 13.8 Å². The van der Waals surface area contributed by atoms with Gasteiger partial charge >= 0.3 is 0 Å². The molecule has 27 heavy (non-hydrogen) atoms. The number of anilines is 2. The van der Waals surface area contributed by atoms with Crippen LogP contribution in [-0.2, 0) is 0 Å². The Kier molecular flexibility index (Phi) is 4.35. The van der Waals surface area contributed by atoms with E-state index in [1.165, 1.54) is 11.3 Å². The van der Waals surface area contributed by atoms with Crippen molar-refractivity contribution in [2.75, 3.05) is 5.32 Å². The number of hydroxylamine groups is 1. The molecule has 0 saturated carbocycles. The summed E-state index contributed by atoms with van der Waals surface area (Å²) in [5, 5.41) is 12.7. The highest BCUT2D eigenvalue weighted by Gasteiger charge is 2.17. The monoisotopic (exact) mass is 379 g/mol. The van der Waals surface area contributed by atoms with Gasteiger partial charge in [0.05, 0.1) is 22.0 Å². The molecule has 4 rings (SSSR count). The number of benzene rings is 1. The third kappa shape index (κ3) is 3.16. The Morgan fingerprint density at radius 1 is 1.11 bits per heavy atom. The molecule has 1 aromatic carbocycles. The number of thiazole rings is 1. The number of rotatable bonds is 4. The molecule has 0 aliphatic carbocycles. The number of pyridine rings is 1. The molecule has 0 unspecified atom stereocenters. The van der Waals surface area contributed by atoms with Crippen molar-refractivity contribution < 1.29 is 10.0 Å². The number of hydrogen-bond acceptors (Lipinski definition) is 6. The smallest absolute Gasteiger partial charge is 0.274 e. The number of carbonyl (C=O) groups excluding carboxylic acids is 1. The lowest BCUT2D eigenvalue weighted by Crippen LogP contribution is -2.18. The Hall–Kier alpha value is -3.23. The van der Waals surface area contributed by atoms with Gasteiger partial charge in [-0.25, -0.2) is 15.4 Å². The number of aromatic nitrogens is 3. The summed E-state index contributed by atoms with van der Waals surface area (Å²) in [6, 6.07) is 12.8. The fourth-order valence-electron chi connectivity index (χ4n) is 2.98. The van der Waals surface area contributed by atoms with E-state index in [0.29, 0.717) is 16.4 Å². The predicted molar refractivity (Wildman–Crippen MR) is 105 cm³/mol. The number of carbonyl (C=O) groups is 1. The van der Waals surface area contributed by atoms with Crippen molar-refractivity contribution >= 4 is 33.7 Å². The third-order valence-electron chi connectivity index (χ3n) is 4.19. The SMILES string of the molecule is Cc1nc(Nc2cccc(C(=O)NO)c2)sc1-c1c(C)nc2ccccn12. The predicted octanol–water partition coefficient (Wildman–Crippen LogP) is 3.94. The van der Waals surface area contributed by atoms with E-state index >= 15 is 0 Å². The molecule has 0 fully saturated rings. The average molecular weight is 379 g/mol. The van der Waals surface area contributed by atoms with Gasteiger partial charge in [-0.3, -0.25) is 14.4 Å². The standard InChI is InChI=1S/C19H17N5O2S/c1-11-16(24-9-4-3-8-15(24)20-11)17-12(2)21-19(27-17)22-14-7-5-6-13(10-14)18(25)23-26/h3-10,26H,1-2H3,(H,21,22)(H,23,25). The Labute approximate surface area is 159 Å². The molecule has 7 nitrogen and oxygen atoms in total. The van der Waals surface area contributed by atoms with Crippen LogP contribution in [0.15, 0.2) is 48.7 Å². The number of imidazole rings is 1. The molecule has 3 heterocycles. The minimum absolute atomic E-state index is 0.355. The van der Waals surface area contributed by atoms with Crippen LogP contribution in [0.1, 0.15) is 21.7 Å². The van der Waals surface area contributed by atoms with E-state index in [9.17, 15) is 4.79 Å². The molecule has 3 N–H and O–H groups in total. The third-order valence-corrected chi connectivity index (χ3v) is 5.27. The topological polar surface area (TPSA) is 91.5 Å². The van der Waals surface area contributed by atoms with Crippen molar-refractivity contribution in [2.24, 2.45) is 0 Å². The highest BCUT2D eigenvalue weighted by Crippen LogP contribution is 2.36. The highest BCUT2D eigenvalue weighted by atomic mass is 32.1. The first-order valence-electron chi connectivity index (χ1n) is 8.30. The summed E-state index contributed by atoms with van der Waals surface area (Å²) in [5.74, 6) is -0.559. The summed E-state index contributed by atoms with van der Waals surface area (Å²) < 4.78 is 2.06. The normalized spacial score (nSPS) is 10.9. The molecule has 136 valence electrons. The van der Waals surface area contributed by atoms with Crippen molar-refractivity contribution in [1.29, 1.82) is 0 Å². The van der Waals surface area contributed by atoms with Crippen LogP contribution in [0.3, 0.4) is 0 Å². The zero-order chi connectivity index (χ0) is 19.0. The molecule has 0 aliphatic rings. The average Bonchev–Trinajstić information content (AvgIpc) is 3.19. The van der Waals surface area contributed by atoms with E-state index in [1.807, 2.05) is 44.3 Å². The van der Waals surface area contributed by atoms with Gasteiger partial charge in [0.2, 0.25) is 0 Å². The Morgan fingerprint density at radius 2 is 1.96 bits per heavy atom. The van der Waals surface area contributed by atoms with Gasteiger partial charge in [-0.05, 0) is 44.2 Å². The zero-order valence-electron chi connectivity index (χ0n) is 14.7. The Balaban J connectivity index is 1.70. The summed E-state index contributed by atoms with van der Waals surface area (Å²) in [5.41, 5.74) is 6.48. The van der Waals surface area contributed by atoms with Crippen LogP contribution < -0.4 is 10.8 Å². The summed E-state index contributed by atoms with van der Waals surface area (Å²) in [7, 11) is 0. The highest BCUT2D eigenvalue weighted by molar-refractivity contribution is 7.19. The van der Waals surface area contributed by atoms with E-state index in [0.717, 1.165) is 27.6 Å². The van der Waals surface area contributed by atoms with E-state index in [4.69, 9.17) is 5.21 Å². The zero-order valence-corrected chi connectivity index (χ0v) is 15.5. The van der Waals surface area contributed by atoms with Gasteiger partial charge in [-0.15, -0.1) is 0 Å². The maximum absolute atomic E-state index is 11.6. The molecule has 8 heteroatoms. The van der Waals surface area contributed by atoms with Gasteiger partial charge < -0.3 is 5.32 Å². The first kappa shape index (κ1) is 17.2. The number of nitrogens with zero attached hydrogens (tertiary/aromatic N) is 3. The fourth-order valence-corrected chi connectivity index (χ4v) is 4.06. The molecule has 0 spiro atoms. The van der Waals surface area contributed by atoms with Crippen molar-refractivity contribution in [3.8, 4) is 10.6 Å². The molecule has 1 amide bonds. The van der Waals surface area contributed by atoms with Gasteiger partial charge in [-0.2, -0.15) is 0 Å². The van der Waals surface area contributed by atoms with Gasteiger partial charge in [0.1, 0.15) is 5.65 Å². The van der Waals surface area contributed by atoms with Crippen LogP contribution >= 0.6 is 11.3 Å². The van der Waals surface area contributed by atoms with E-state index in [1.54, 1.807) is 23.7 Å². The van der Waals surface area contributed by atoms with Crippen LogP contribution in [0.5, 0.6) is 0 Å². The van der Waals surface area contributed by atoms with Gasteiger partial charge in [0.15, 0.2) is 5.13 Å². The van der Waals surface area contributed by atoms with Gasteiger partial charge in [-0.1, -0.05) is 23.5 Å². The molecule has 4 aromatic rings. The number of amides is 1. The maximum Gasteiger partial charge on any atom is 0.274 e. The minimum Gasteiger partial charge on any atom is -0.332 e. The van der Waals surface area contributed by atoms with Crippen molar-refractivity contribution in [1.82, 2.24) is 19.8 Å². The summed E-state index contributed by atoms with van der Waals surface area (Å²) in [4.78, 5) is 21.9. The van der Waals surface area contributed by atoms with Crippen molar-refractivity contribution in [3.63, 3.8) is 0 Å².